The number of hydrogen-bond donors (Lipinski definition) is 0. The third-order valence-corrected chi connectivity index (χ3v) is 5.26. The van der Waals surface area contributed by atoms with Crippen molar-refractivity contribution in [2.45, 2.75) is 19.5 Å². The van der Waals surface area contributed by atoms with Crippen LogP contribution in [-0.4, -0.2) is 37.7 Å². The second kappa shape index (κ2) is 6.93. The molecule has 5 rings (SSSR count). The average Bonchev–Trinajstić information content (AvgIpc) is 3.03. The van der Waals surface area contributed by atoms with Crippen molar-refractivity contribution >= 4 is 10.9 Å². The fraction of sp³-hybridized carbons (Fsp3) is 0.227. The van der Waals surface area contributed by atoms with Crippen LogP contribution in [0.3, 0.4) is 0 Å². The maximum atomic E-state index is 4.60. The van der Waals surface area contributed by atoms with E-state index in [1.807, 2.05) is 30.5 Å². The Morgan fingerprint density at radius 3 is 2.63 bits per heavy atom. The van der Waals surface area contributed by atoms with Gasteiger partial charge in [-0.3, -0.25) is 9.88 Å². The smallest absolute Gasteiger partial charge is 0.164 e. The summed E-state index contributed by atoms with van der Waals surface area (Å²) < 4.78 is 2.27. The number of fused-ring (bicyclic) bond motifs is 2. The minimum Gasteiger partial charge on any atom is -0.310 e. The fourth-order valence-electron chi connectivity index (χ4n) is 3.86. The van der Waals surface area contributed by atoms with Crippen LogP contribution in [-0.2, 0) is 19.5 Å². The Kier molecular flexibility index (Phi) is 4.14. The monoisotopic (exact) mass is 355 g/mol. The highest BCUT2D eigenvalue weighted by Crippen LogP contribution is 2.22. The second-order valence-electron chi connectivity index (χ2n) is 6.98. The summed E-state index contributed by atoms with van der Waals surface area (Å²) in [5, 5.41) is 10.1. The predicted molar refractivity (Wildman–Crippen MR) is 106 cm³/mol. The van der Waals surface area contributed by atoms with E-state index in [2.05, 4.69) is 61.0 Å². The summed E-state index contributed by atoms with van der Waals surface area (Å²) in [7, 11) is 0. The largest absolute Gasteiger partial charge is 0.310 e. The molecule has 0 saturated heterocycles. The molecule has 0 unspecified atom stereocenters. The molecule has 0 bridgehead atoms. The highest BCUT2D eigenvalue weighted by molar-refractivity contribution is 5.81. The van der Waals surface area contributed by atoms with Gasteiger partial charge in [-0.2, -0.15) is 0 Å². The molecular formula is C22H21N5. The molecule has 0 fully saturated rings. The Morgan fingerprint density at radius 1 is 0.815 bits per heavy atom. The SMILES string of the molecule is c1ccc(-c2nnc3n2CCN(Cc2cccc4cccnc24)CC3)cc1. The normalized spacial score (nSPS) is 14.8. The molecule has 0 atom stereocenters. The van der Waals surface area contributed by atoms with Crippen molar-refractivity contribution in [1.82, 2.24) is 24.6 Å². The second-order valence-corrected chi connectivity index (χ2v) is 6.98. The van der Waals surface area contributed by atoms with Crippen molar-refractivity contribution in [3.8, 4) is 11.4 Å². The highest BCUT2D eigenvalue weighted by atomic mass is 15.3. The van der Waals surface area contributed by atoms with Crippen molar-refractivity contribution in [1.29, 1.82) is 0 Å². The Balaban J connectivity index is 1.38. The van der Waals surface area contributed by atoms with Gasteiger partial charge in [0.1, 0.15) is 5.82 Å². The van der Waals surface area contributed by atoms with Gasteiger partial charge in [-0.05, 0) is 11.6 Å². The Morgan fingerprint density at radius 2 is 1.70 bits per heavy atom. The van der Waals surface area contributed by atoms with Gasteiger partial charge in [0.05, 0.1) is 5.52 Å². The number of hydrogen-bond acceptors (Lipinski definition) is 4. The van der Waals surface area contributed by atoms with Gasteiger partial charge in [-0.15, -0.1) is 10.2 Å². The summed E-state index contributed by atoms with van der Waals surface area (Å²) >= 11 is 0. The zero-order valence-electron chi connectivity index (χ0n) is 15.1. The van der Waals surface area contributed by atoms with Crippen LogP contribution in [0.1, 0.15) is 11.4 Å². The topological polar surface area (TPSA) is 46.8 Å². The lowest BCUT2D eigenvalue weighted by Crippen LogP contribution is -2.26. The van der Waals surface area contributed by atoms with Gasteiger partial charge < -0.3 is 4.57 Å². The van der Waals surface area contributed by atoms with Crippen LogP contribution in [0.4, 0.5) is 0 Å². The molecule has 1 aliphatic rings. The minimum atomic E-state index is 0.907. The first kappa shape index (κ1) is 16.1. The molecule has 0 aliphatic carbocycles. The van der Waals surface area contributed by atoms with Gasteiger partial charge in [0.15, 0.2) is 5.82 Å². The predicted octanol–water partition coefficient (Wildman–Crippen LogP) is 3.55. The molecule has 0 amide bonds. The van der Waals surface area contributed by atoms with Gasteiger partial charge in [-0.25, -0.2) is 0 Å². The van der Waals surface area contributed by atoms with E-state index < -0.39 is 0 Å². The summed E-state index contributed by atoms with van der Waals surface area (Å²) in [4.78, 5) is 7.09. The zero-order valence-corrected chi connectivity index (χ0v) is 15.1. The van der Waals surface area contributed by atoms with Crippen LogP contribution in [0.25, 0.3) is 22.3 Å². The van der Waals surface area contributed by atoms with Crippen molar-refractivity contribution in [2.24, 2.45) is 0 Å². The maximum absolute atomic E-state index is 4.60. The number of benzene rings is 2. The summed E-state index contributed by atoms with van der Waals surface area (Å²) in [6, 6.07) is 20.9. The first-order valence-electron chi connectivity index (χ1n) is 9.41. The van der Waals surface area contributed by atoms with Crippen LogP contribution in [0, 0.1) is 0 Å². The van der Waals surface area contributed by atoms with Crippen molar-refractivity contribution in [2.75, 3.05) is 13.1 Å². The first-order chi connectivity index (χ1) is 13.4. The Labute approximate surface area is 158 Å². The molecule has 2 aromatic heterocycles. The molecule has 0 spiro atoms. The Bertz CT molecular complexity index is 1070. The van der Waals surface area contributed by atoms with E-state index in [-0.39, 0.29) is 0 Å². The molecule has 2 aromatic carbocycles. The van der Waals surface area contributed by atoms with E-state index in [0.717, 1.165) is 55.3 Å². The van der Waals surface area contributed by atoms with Crippen LogP contribution in [0.5, 0.6) is 0 Å². The lowest BCUT2D eigenvalue weighted by molar-refractivity contribution is 0.272. The number of aromatic nitrogens is 4. The summed E-state index contributed by atoms with van der Waals surface area (Å²) in [5.74, 6) is 2.05. The molecule has 27 heavy (non-hydrogen) atoms. The molecule has 0 N–H and O–H groups in total. The van der Waals surface area contributed by atoms with E-state index in [1.165, 1.54) is 10.9 Å². The number of para-hydroxylation sites is 1. The summed E-state index contributed by atoms with van der Waals surface area (Å²) in [6.45, 7) is 3.78. The highest BCUT2D eigenvalue weighted by Gasteiger charge is 2.20. The molecular weight excluding hydrogens is 334 g/mol. The Hall–Kier alpha value is -3.05. The van der Waals surface area contributed by atoms with Gasteiger partial charge in [0.25, 0.3) is 0 Å². The van der Waals surface area contributed by atoms with Crippen molar-refractivity contribution < 1.29 is 0 Å². The van der Waals surface area contributed by atoms with E-state index in [1.54, 1.807) is 0 Å². The van der Waals surface area contributed by atoms with E-state index in [4.69, 9.17) is 0 Å². The first-order valence-corrected chi connectivity index (χ1v) is 9.41. The molecule has 5 heteroatoms. The van der Waals surface area contributed by atoms with Gasteiger partial charge >= 0.3 is 0 Å². The number of nitrogens with zero attached hydrogens (tertiary/aromatic N) is 5. The minimum absolute atomic E-state index is 0.907. The van der Waals surface area contributed by atoms with Crippen molar-refractivity contribution in [3.63, 3.8) is 0 Å². The third-order valence-electron chi connectivity index (χ3n) is 5.26. The van der Waals surface area contributed by atoms with E-state index in [0.29, 0.717) is 0 Å². The van der Waals surface area contributed by atoms with Crippen LogP contribution in [0.15, 0.2) is 66.9 Å². The molecule has 0 radical (unpaired) electrons. The lowest BCUT2D eigenvalue weighted by atomic mass is 10.1. The van der Waals surface area contributed by atoms with E-state index in [9.17, 15) is 0 Å². The lowest BCUT2D eigenvalue weighted by Gasteiger charge is -2.20. The van der Waals surface area contributed by atoms with E-state index >= 15 is 0 Å². The summed E-state index contributed by atoms with van der Waals surface area (Å²) in [5.41, 5.74) is 3.52. The molecule has 5 nitrogen and oxygen atoms in total. The average molecular weight is 355 g/mol. The molecule has 3 heterocycles. The van der Waals surface area contributed by atoms with Crippen LogP contribution in [0.2, 0.25) is 0 Å². The molecule has 1 aliphatic heterocycles. The zero-order chi connectivity index (χ0) is 18.1. The molecule has 0 saturated carbocycles. The van der Waals surface area contributed by atoms with Gasteiger partial charge in [0.2, 0.25) is 0 Å². The van der Waals surface area contributed by atoms with Crippen molar-refractivity contribution in [3.05, 3.63) is 78.2 Å². The number of rotatable bonds is 3. The molecule has 4 aromatic rings. The quantitative estimate of drug-likeness (QED) is 0.564. The van der Waals surface area contributed by atoms with Gasteiger partial charge in [0, 0.05) is 49.7 Å². The third kappa shape index (κ3) is 3.11. The van der Waals surface area contributed by atoms with Gasteiger partial charge in [-0.1, -0.05) is 54.6 Å². The molecule has 134 valence electrons. The number of pyridine rings is 1. The standard InChI is InChI=1S/C22H21N5/c1-2-6-18(7-3-1)22-25-24-20-11-13-26(14-15-27(20)22)16-19-9-4-8-17-10-5-12-23-21(17)19/h1-10,12H,11,13-16H2. The maximum Gasteiger partial charge on any atom is 0.164 e. The van der Waals surface area contributed by atoms with Crippen LogP contribution < -0.4 is 0 Å². The fourth-order valence-corrected chi connectivity index (χ4v) is 3.86. The summed E-state index contributed by atoms with van der Waals surface area (Å²) in [6.07, 6.45) is 2.79. The van der Waals surface area contributed by atoms with Crippen LogP contribution >= 0.6 is 0 Å².